The molecule has 0 bridgehead atoms. The number of fused-ring (bicyclic) bond motifs is 1. The molecule has 1 heterocycles. The smallest absolute Gasteiger partial charge is 0.284 e. The van der Waals surface area contributed by atoms with Gasteiger partial charge in [-0.05, 0) is 41.3 Å². The van der Waals surface area contributed by atoms with Crippen molar-refractivity contribution >= 4 is 44.6 Å². The fraction of sp³-hybridized carbons (Fsp3) is 0.158. The van der Waals surface area contributed by atoms with Crippen molar-refractivity contribution in [1.82, 2.24) is 5.48 Å². The van der Waals surface area contributed by atoms with Crippen LogP contribution in [0.4, 0.5) is 11.4 Å². The summed E-state index contributed by atoms with van der Waals surface area (Å²) in [7, 11) is 3.94. The number of thiophene rings is 1. The highest BCUT2D eigenvalue weighted by molar-refractivity contribution is 7.20. The van der Waals surface area contributed by atoms with Gasteiger partial charge in [0.2, 0.25) is 5.91 Å². The lowest BCUT2D eigenvalue weighted by atomic mass is 10.1. The molecule has 3 N–H and O–H groups in total. The molecule has 134 valence electrons. The number of hydrogen-bond donors (Lipinski definition) is 3. The fourth-order valence-electron chi connectivity index (χ4n) is 2.58. The van der Waals surface area contributed by atoms with Gasteiger partial charge in [-0.15, -0.1) is 11.3 Å². The standard InChI is InChI=1S/C19H19N3O3S/c1-22(2)15-7-3-12(4-8-15)9-18(23)20-14-6-5-13-10-17(19(24)21-25)26-16(13)11-14/h3-8,10-11,25H,9H2,1-2H3,(H,20,23)(H,21,24). The van der Waals surface area contributed by atoms with Crippen molar-refractivity contribution in [2.45, 2.75) is 6.42 Å². The summed E-state index contributed by atoms with van der Waals surface area (Å²) in [5, 5.41) is 12.5. The van der Waals surface area contributed by atoms with E-state index in [9.17, 15) is 9.59 Å². The second-order valence-electron chi connectivity index (χ2n) is 6.09. The van der Waals surface area contributed by atoms with Crippen LogP contribution in [0.3, 0.4) is 0 Å². The lowest BCUT2D eigenvalue weighted by molar-refractivity contribution is -0.115. The molecule has 0 unspecified atom stereocenters. The third-order valence-electron chi connectivity index (χ3n) is 3.95. The molecular weight excluding hydrogens is 350 g/mol. The summed E-state index contributed by atoms with van der Waals surface area (Å²) in [6.45, 7) is 0. The highest BCUT2D eigenvalue weighted by atomic mass is 32.1. The van der Waals surface area contributed by atoms with Crippen molar-refractivity contribution in [3.8, 4) is 0 Å². The quantitative estimate of drug-likeness (QED) is 0.476. The van der Waals surface area contributed by atoms with Crippen molar-refractivity contribution in [1.29, 1.82) is 0 Å². The number of hydrogen-bond acceptors (Lipinski definition) is 5. The molecular formula is C19H19N3O3S. The van der Waals surface area contributed by atoms with E-state index in [1.807, 2.05) is 55.4 Å². The Hall–Kier alpha value is -2.90. The normalized spacial score (nSPS) is 10.6. The SMILES string of the molecule is CN(C)c1ccc(CC(=O)Nc2ccc3cc(C(=O)NO)sc3c2)cc1. The molecule has 0 saturated heterocycles. The second kappa shape index (κ2) is 7.55. The predicted molar refractivity (Wildman–Crippen MR) is 104 cm³/mol. The number of carbonyl (C=O) groups excluding carboxylic acids is 2. The van der Waals surface area contributed by atoms with Gasteiger partial charge in [-0.25, -0.2) is 5.48 Å². The minimum Gasteiger partial charge on any atom is -0.378 e. The molecule has 26 heavy (non-hydrogen) atoms. The van der Waals surface area contributed by atoms with Gasteiger partial charge in [0, 0.05) is 30.2 Å². The first-order valence-corrected chi connectivity index (χ1v) is 8.82. The molecule has 2 amide bonds. The van der Waals surface area contributed by atoms with Crippen LogP contribution in [0.2, 0.25) is 0 Å². The first kappa shape index (κ1) is 17.9. The molecule has 3 aromatic rings. The average molecular weight is 369 g/mol. The number of amides is 2. The van der Waals surface area contributed by atoms with E-state index in [-0.39, 0.29) is 12.3 Å². The Labute approximate surface area is 155 Å². The van der Waals surface area contributed by atoms with Gasteiger partial charge < -0.3 is 10.2 Å². The molecule has 0 aliphatic carbocycles. The molecule has 0 spiro atoms. The molecule has 0 saturated carbocycles. The first-order chi connectivity index (χ1) is 12.5. The van der Waals surface area contributed by atoms with Gasteiger partial charge >= 0.3 is 0 Å². The Morgan fingerprint density at radius 2 is 1.81 bits per heavy atom. The van der Waals surface area contributed by atoms with E-state index in [0.29, 0.717) is 10.6 Å². The Kier molecular flexibility index (Phi) is 5.20. The van der Waals surface area contributed by atoms with E-state index in [2.05, 4.69) is 5.32 Å². The fourth-order valence-corrected chi connectivity index (χ4v) is 3.57. The Morgan fingerprint density at radius 1 is 1.08 bits per heavy atom. The van der Waals surface area contributed by atoms with E-state index in [1.165, 1.54) is 11.3 Å². The van der Waals surface area contributed by atoms with E-state index < -0.39 is 5.91 Å². The highest BCUT2D eigenvalue weighted by Gasteiger charge is 2.11. The molecule has 0 aliphatic rings. The molecule has 3 rings (SSSR count). The van der Waals surface area contributed by atoms with Crippen molar-refractivity contribution in [2.24, 2.45) is 0 Å². The molecule has 7 heteroatoms. The van der Waals surface area contributed by atoms with E-state index in [1.54, 1.807) is 17.6 Å². The van der Waals surface area contributed by atoms with Gasteiger partial charge in [0.15, 0.2) is 0 Å². The minimum absolute atomic E-state index is 0.105. The van der Waals surface area contributed by atoms with E-state index >= 15 is 0 Å². The van der Waals surface area contributed by atoms with E-state index in [0.717, 1.165) is 21.3 Å². The topological polar surface area (TPSA) is 81.7 Å². The Bertz CT molecular complexity index is 948. The average Bonchev–Trinajstić information content (AvgIpc) is 3.04. The maximum atomic E-state index is 12.3. The number of nitrogens with zero attached hydrogens (tertiary/aromatic N) is 1. The maximum Gasteiger partial charge on any atom is 0.284 e. The van der Waals surface area contributed by atoms with Crippen LogP contribution in [-0.4, -0.2) is 31.1 Å². The van der Waals surface area contributed by atoms with Crippen molar-refractivity contribution in [2.75, 3.05) is 24.3 Å². The summed E-state index contributed by atoms with van der Waals surface area (Å²) < 4.78 is 0.858. The first-order valence-electron chi connectivity index (χ1n) is 8.00. The molecule has 0 radical (unpaired) electrons. The van der Waals surface area contributed by atoms with Crippen LogP contribution < -0.4 is 15.7 Å². The largest absolute Gasteiger partial charge is 0.378 e. The molecule has 2 aromatic carbocycles. The molecule has 0 fully saturated rings. The van der Waals surface area contributed by atoms with Crippen LogP contribution in [-0.2, 0) is 11.2 Å². The zero-order valence-electron chi connectivity index (χ0n) is 14.4. The second-order valence-corrected chi connectivity index (χ2v) is 7.17. The van der Waals surface area contributed by atoms with Crippen LogP contribution in [0, 0.1) is 0 Å². The van der Waals surface area contributed by atoms with Crippen molar-refractivity contribution in [3.63, 3.8) is 0 Å². The van der Waals surface area contributed by atoms with Crippen LogP contribution in [0.1, 0.15) is 15.2 Å². The van der Waals surface area contributed by atoms with Gasteiger partial charge in [0.1, 0.15) is 0 Å². The Balaban J connectivity index is 1.69. The maximum absolute atomic E-state index is 12.3. The summed E-state index contributed by atoms with van der Waals surface area (Å²) >= 11 is 1.25. The summed E-state index contributed by atoms with van der Waals surface area (Å²) in [5.74, 6) is -0.648. The number of benzene rings is 2. The van der Waals surface area contributed by atoms with Crippen molar-refractivity contribution in [3.05, 3.63) is 59.0 Å². The van der Waals surface area contributed by atoms with Gasteiger partial charge in [0.25, 0.3) is 5.91 Å². The van der Waals surface area contributed by atoms with Gasteiger partial charge in [-0.2, -0.15) is 0 Å². The molecule has 1 aromatic heterocycles. The lowest BCUT2D eigenvalue weighted by Crippen LogP contribution is -2.16. The third-order valence-corrected chi connectivity index (χ3v) is 5.04. The zero-order valence-corrected chi connectivity index (χ0v) is 15.3. The van der Waals surface area contributed by atoms with Crippen molar-refractivity contribution < 1.29 is 14.8 Å². The highest BCUT2D eigenvalue weighted by Crippen LogP contribution is 2.28. The van der Waals surface area contributed by atoms with E-state index in [4.69, 9.17) is 5.21 Å². The lowest BCUT2D eigenvalue weighted by Gasteiger charge is -2.12. The minimum atomic E-state index is -0.544. The number of carbonyl (C=O) groups is 2. The summed E-state index contributed by atoms with van der Waals surface area (Å²) in [6.07, 6.45) is 0.286. The zero-order chi connectivity index (χ0) is 18.7. The Morgan fingerprint density at radius 3 is 2.46 bits per heavy atom. The van der Waals surface area contributed by atoms with Crippen LogP contribution in [0.15, 0.2) is 48.5 Å². The summed E-state index contributed by atoms with van der Waals surface area (Å²) in [4.78, 5) is 26.2. The van der Waals surface area contributed by atoms with Crippen LogP contribution >= 0.6 is 11.3 Å². The van der Waals surface area contributed by atoms with Crippen LogP contribution in [0.5, 0.6) is 0 Å². The number of anilines is 2. The van der Waals surface area contributed by atoms with Gasteiger partial charge in [-0.3, -0.25) is 14.8 Å². The monoisotopic (exact) mass is 369 g/mol. The van der Waals surface area contributed by atoms with Crippen LogP contribution in [0.25, 0.3) is 10.1 Å². The number of nitrogens with one attached hydrogen (secondary N) is 2. The third kappa shape index (κ3) is 4.01. The molecule has 0 aliphatic heterocycles. The summed E-state index contributed by atoms with van der Waals surface area (Å²) in [6, 6.07) is 15.0. The number of hydroxylamine groups is 1. The molecule has 6 nitrogen and oxygen atoms in total. The molecule has 0 atom stereocenters. The van der Waals surface area contributed by atoms with Gasteiger partial charge in [-0.1, -0.05) is 18.2 Å². The predicted octanol–water partition coefficient (Wildman–Crippen LogP) is 3.27. The summed E-state index contributed by atoms with van der Waals surface area (Å²) in [5.41, 5.74) is 4.32. The van der Waals surface area contributed by atoms with Gasteiger partial charge in [0.05, 0.1) is 11.3 Å². The number of rotatable bonds is 5.